The molecule has 0 saturated carbocycles. The van der Waals surface area contributed by atoms with Crippen molar-refractivity contribution in [3.8, 4) is 0 Å². The predicted molar refractivity (Wildman–Crippen MR) is 91.2 cm³/mol. The minimum atomic E-state index is -3.88. The SMILES string of the molecule is CC1=[N+]2C(=Cc3ccc(C=Cc4ccccc4)n3[B-]2(F)F)C=C1. The molecule has 4 rings (SSSR count). The second-order valence-electron chi connectivity index (χ2n) is 5.80. The van der Waals surface area contributed by atoms with Crippen LogP contribution in [0, 0.1) is 0 Å². The predicted octanol–water partition coefficient (Wildman–Crippen LogP) is 4.28. The molecular weight excluding hydrogens is 293 g/mol. The molecule has 0 amide bonds. The molecule has 0 radical (unpaired) electrons. The molecule has 23 heavy (non-hydrogen) atoms. The lowest BCUT2D eigenvalue weighted by molar-refractivity contribution is -0.361. The molecule has 0 atom stereocenters. The molecule has 0 aliphatic carbocycles. The smallest absolute Gasteiger partial charge is 0.390 e. The summed E-state index contributed by atoms with van der Waals surface area (Å²) in [4.78, 5) is 0. The van der Waals surface area contributed by atoms with Crippen molar-refractivity contribution >= 4 is 30.9 Å². The fourth-order valence-corrected chi connectivity index (χ4v) is 3.22. The summed E-state index contributed by atoms with van der Waals surface area (Å²) in [5.41, 5.74) is 3.14. The Bertz CT molecular complexity index is 902. The molecule has 2 aromatic rings. The maximum Gasteiger partial charge on any atom is 0.737 e. The Labute approximate surface area is 133 Å². The number of fused-ring (bicyclic) bond motifs is 2. The lowest BCUT2D eigenvalue weighted by Gasteiger charge is -2.29. The first-order valence-corrected chi connectivity index (χ1v) is 7.57. The third-order valence-corrected chi connectivity index (χ3v) is 4.30. The number of nitrogens with zero attached hydrogens (tertiary/aromatic N) is 2. The van der Waals surface area contributed by atoms with Crippen LogP contribution in [0.1, 0.15) is 23.9 Å². The summed E-state index contributed by atoms with van der Waals surface area (Å²) in [5.74, 6) is 0. The first-order chi connectivity index (χ1) is 11.1. The second-order valence-corrected chi connectivity index (χ2v) is 5.80. The average Bonchev–Trinajstić information content (AvgIpc) is 3.11. The van der Waals surface area contributed by atoms with Crippen LogP contribution in [0.2, 0.25) is 0 Å². The topological polar surface area (TPSA) is 7.94 Å². The second kappa shape index (κ2) is 4.91. The van der Waals surface area contributed by atoms with Crippen molar-refractivity contribution < 1.29 is 13.1 Å². The molecule has 5 heteroatoms. The highest BCUT2D eigenvalue weighted by atomic mass is 19.2. The number of hydrogen-bond donors (Lipinski definition) is 0. The van der Waals surface area contributed by atoms with E-state index in [2.05, 4.69) is 0 Å². The zero-order valence-corrected chi connectivity index (χ0v) is 12.7. The molecule has 2 nitrogen and oxygen atoms in total. The zero-order valence-electron chi connectivity index (χ0n) is 12.7. The van der Waals surface area contributed by atoms with Crippen LogP contribution < -0.4 is 0 Å². The Morgan fingerprint density at radius 1 is 1.00 bits per heavy atom. The lowest BCUT2D eigenvalue weighted by Crippen LogP contribution is -2.50. The normalized spacial score (nSPS) is 18.3. The Hall–Kier alpha value is -2.69. The van der Waals surface area contributed by atoms with Gasteiger partial charge >= 0.3 is 6.97 Å². The standard InChI is InChI=1S/C18H15BF2N2/c1-14-7-9-17-13-18-12-11-16(23(18)19(20,21)22(14)17)10-8-15-5-3-2-4-6-15/h2-13H,1H3. The van der Waals surface area contributed by atoms with Crippen LogP contribution in [0.3, 0.4) is 0 Å². The van der Waals surface area contributed by atoms with Gasteiger partial charge < -0.3 is 17.6 Å². The summed E-state index contributed by atoms with van der Waals surface area (Å²) >= 11 is 0. The zero-order chi connectivity index (χ0) is 16.0. The monoisotopic (exact) mass is 308 g/mol. The van der Waals surface area contributed by atoms with Gasteiger partial charge in [0.1, 0.15) is 5.71 Å². The van der Waals surface area contributed by atoms with E-state index in [1.54, 1.807) is 43.4 Å². The third kappa shape index (κ3) is 2.12. The average molecular weight is 308 g/mol. The molecule has 0 saturated heterocycles. The molecule has 0 fully saturated rings. The molecule has 0 spiro atoms. The quantitative estimate of drug-likeness (QED) is 0.732. The first kappa shape index (κ1) is 13.9. The number of allylic oxidation sites excluding steroid dienone is 2. The summed E-state index contributed by atoms with van der Waals surface area (Å²) < 4.78 is 32.3. The van der Waals surface area contributed by atoms with Gasteiger partial charge in [-0.1, -0.05) is 36.4 Å². The fourth-order valence-electron chi connectivity index (χ4n) is 3.22. The van der Waals surface area contributed by atoms with Gasteiger partial charge in [0.05, 0.1) is 0 Å². The van der Waals surface area contributed by atoms with Crippen molar-refractivity contribution in [3.63, 3.8) is 0 Å². The van der Waals surface area contributed by atoms with E-state index >= 15 is 8.63 Å². The van der Waals surface area contributed by atoms with Crippen LogP contribution in [0.5, 0.6) is 0 Å². The maximum absolute atomic E-state index is 15.0. The fraction of sp³-hybridized carbons (Fsp3) is 0.0556. The van der Waals surface area contributed by atoms with E-state index in [9.17, 15) is 0 Å². The number of rotatable bonds is 2. The van der Waals surface area contributed by atoms with E-state index in [4.69, 9.17) is 0 Å². The van der Waals surface area contributed by atoms with Crippen molar-refractivity contribution in [2.45, 2.75) is 6.92 Å². The molecule has 2 aliphatic heterocycles. The Morgan fingerprint density at radius 3 is 2.57 bits per heavy atom. The summed E-state index contributed by atoms with van der Waals surface area (Å²) in [5, 5.41) is 0. The van der Waals surface area contributed by atoms with Crippen LogP contribution in [-0.4, -0.2) is 21.6 Å². The van der Waals surface area contributed by atoms with Crippen molar-refractivity contribution in [1.82, 2.24) is 4.48 Å². The number of aromatic nitrogens is 1. The van der Waals surface area contributed by atoms with Gasteiger partial charge in [-0.15, -0.1) is 0 Å². The summed E-state index contributed by atoms with van der Waals surface area (Å²) in [6.07, 6.45) is 8.86. The van der Waals surface area contributed by atoms with Gasteiger partial charge in [0.15, 0.2) is 5.70 Å². The highest BCUT2D eigenvalue weighted by Crippen LogP contribution is 2.32. The van der Waals surface area contributed by atoms with E-state index in [0.717, 1.165) is 14.5 Å². The summed E-state index contributed by atoms with van der Waals surface area (Å²) in [6, 6.07) is 13.2. The molecular formula is C18H15BF2N2. The molecule has 1 aromatic carbocycles. The molecule has 0 bridgehead atoms. The van der Waals surface area contributed by atoms with E-state index < -0.39 is 6.97 Å². The van der Waals surface area contributed by atoms with Crippen LogP contribution >= 0.6 is 0 Å². The van der Waals surface area contributed by atoms with E-state index in [-0.39, 0.29) is 0 Å². The van der Waals surface area contributed by atoms with E-state index in [0.29, 0.717) is 22.8 Å². The van der Waals surface area contributed by atoms with Gasteiger partial charge in [0.25, 0.3) is 0 Å². The van der Waals surface area contributed by atoms with Gasteiger partial charge in [0.2, 0.25) is 0 Å². The Kier molecular flexibility index (Phi) is 2.98. The maximum atomic E-state index is 15.0. The van der Waals surface area contributed by atoms with Crippen molar-refractivity contribution in [1.29, 1.82) is 0 Å². The third-order valence-electron chi connectivity index (χ3n) is 4.30. The number of hydrogen-bond acceptors (Lipinski definition) is 0. The molecule has 0 N–H and O–H groups in total. The largest absolute Gasteiger partial charge is 0.737 e. The molecule has 3 heterocycles. The molecule has 1 aromatic heterocycles. The van der Waals surface area contributed by atoms with Crippen molar-refractivity contribution in [2.24, 2.45) is 0 Å². The van der Waals surface area contributed by atoms with Crippen LogP contribution in [0.4, 0.5) is 8.63 Å². The Balaban J connectivity index is 1.81. The minimum absolute atomic E-state index is 0.504. The minimum Gasteiger partial charge on any atom is -0.390 e. The van der Waals surface area contributed by atoms with Gasteiger partial charge in [-0.2, -0.15) is 0 Å². The molecule has 0 unspecified atom stereocenters. The van der Waals surface area contributed by atoms with Gasteiger partial charge in [0, 0.05) is 36.5 Å². The molecule has 2 aliphatic rings. The van der Waals surface area contributed by atoms with Gasteiger partial charge in [-0.3, -0.25) is 0 Å². The molecule has 114 valence electrons. The van der Waals surface area contributed by atoms with Gasteiger partial charge in [-0.25, -0.2) is 0 Å². The summed E-state index contributed by atoms with van der Waals surface area (Å²) in [7, 11) is 0. The van der Waals surface area contributed by atoms with E-state index in [1.807, 2.05) is 36.4 Å². The van der Waals surface area contributed by atoms with Crippen molar-refractivity contribution in [3.05, 3.63) is 77.3 Å². The highest BCUT2D eigenvalue weighted by molar-refractivity contribution is 6.58. The number of halogens is 2. The van der Waals surface area contributed by atoms with Crippen LogP contribution in [-0.2, 0) is 0 Å². The van der Waals surface area contributed by atoms with E-state index in [1.165, 1.54) is 0 Å². The number of benzene rings is 1. The van der Waals surface area contributed by atoms with Crippen LogP contribution in [0.25, 0.3) is 18.2 Å². The van der Waals surface area contributed by atoms with Crippen molar-refractivity contribution in [2.75, 3.05) is 0 Å². The highest BCUT2D eigenvalue weighted by Gasteiger charge is 2.51. The van der Waals surface area contributed by atoms with Crippen LogP contribution in [0.15, 0.2) is 60.3 Å². The lowest BCUT2D eigenvalue weighted by atomic mass is 9.90. The summed E-state index contributed by atoms with van der Waals surface area (Å²) in [6.45, 7) is -2.17. The Morgan fingerprint density at radius 2 is 1.78 bits per heavy atom. The van der Waals surface area contributed by atoms with Gasteiger partial charge in [-0.05, 0) is 23.8 Å². The first-order valence-electron chi connectivity index (χ1n) is 7.57.